The van der Waals surface area contributed by atoms with Gasteiger partial charge in [-0.05, 0) is 17.2 Å². The van der Waals surface area contributed by atoms with E-state index in [9.17, 15) is 4.79 Å². The molecule has 2 aromatic heterocycles. The fourth-order valence-corrected chi connectivity index (χ4v) is 2.50. The van der Waals surface area contributed by atoms with Gasteiger partial charge in [0.25, 0.3) is 0 Å². The molecule has 1 aromatic carbocycles. The van der Waals surface area contributed by atoms with Crippen LogP contribution >= 0.6 is 0 Å². The Morgan fingerprint density at radius 1 is 1.21 bits per heavy atom. The van der Waals surface area contributed by atoms with E-state index < -0.39 is 0 Å². The third-order valence-corrected chi connectivity index (χ3v) is 3.42. The molecule has 0 spiro atoms. The van der Waals surface area contributed by atoms with Crippen molar-refractivity contribution in [3.63, 3.8) is 0 Å². The maximum absolute atomic E-state index is 11.0. The lowest BCUT2D eigenvalue weighted by Gasteiger charge is -2.13. The van der Waals surface area contributed by atoms with Crippen LogP contribution in [0.3, 0.4) is 0 Å². The summed E-state index contributed by atoms with van der Waals surface area (Å²) in [7, 11) is 0. The number of carbonyl (C=O) groups excluding carboxylic acids is 1. The van der Waals surface area contributed by atoms with Crippen molar-refractivity contribution in [2.75, 3.05) is 0 Å². The molecule has 2 heterocycles. The van der Waals surface area contributed by atoms with Crippen LogP contribution in [0.4, 0.5) is 0 Å². The number of nitrogens with zero attached hydrogens (tertiary/aromatic N) is 1. The van der Waals surface area contributed by atoms with Gasteiger partial charge in [-0.15, -0.1) is 0 Å². The molecule has 0 aliphatic carbocycles. The highest BCUT2D eigenvalue weighted by atomic mass is 16.1. The van der Waals surface area contributed by atoms with Crippen LogP contribution in [-0.2, 0) is 4.79 Å². The van der Waals surface area contributed by atoms with Gasteiger partial charge in [-0.3, -0.25) is 4.98 Å². The molecule has 0 saturated carbocycles. The second kappa shape index (κ2) is 5.06. The number of aromatic nitrogens is 2. The van der Waals surface area contributed by atoms with Crippen molar-refractivity contribution in [2.45, 2.75) is 12.3 Å². The predicted molar refractivity (Wildman–Crippen MR) is 75.1 cm³/mol. The van der Waals surface area contributed by atoms with Crippen molar-refractivity contribution < 1.29 is 4.79 Å². The van der Waals surface area contributed by atoms with E-state index in [-0.39, 0.29) is 5.92 Å². The van der Waals surface area contributed by atoms with Gasteiger partial charge in [0.2, 0.25) is 0 Å². The molecule has 0 fully saturated rings. The molecule has 1 N–H and O–H groups in total. The minimum Gasteiger partial charge on any atom is -0.361 e. The van der Waals surface area contributed by atoms with Crippen LogP contribution < -0.4 is 0 Å². The van der Waals surface area contributed by atoms with E-state index in [0.717, 1.165) is 28.3 Å². The Kier molecular flexibility index (Phi) is 3.11. The van der Waals surface area contributed by atoms with E-state index in [1.54, 1.807) is 6.20 Å². The third kappa shape index (κ3) is 2.15. The molecule has 94 valence electrons. The third-order valence-electron chi connectivity index (χ3n) is 3.42. The van der Waals surface area contributed by atoms with Crippen molar-refractivity contribution in [3.05, 3.63) is 66.1 Å². The van der Waals surface area contributed by atoms with E-state index in [4.69, 9.17) is 0 Å². The Balaban J connectivity index is 2.12. The lowest BCUT2D eigenvalue weighted by molar-refractivity contribution is -0.108. The normalized spacial score (nSPS) is 12.4. The van der Waals surface area contributed by atoms with Gasteiger partial charge < -0.3 is 9.78 Å². The van der Waals surface area contributed by atoms with Gasteiger partial charge >= 0.3 is 0 Å². The summed E-state index contributed by atoms with van der Waals surface area (Å²) >= 11 is 0. The molecule has 0 aliphatic rings. The van der Waals surface area contributed by atoms with Crippen LogP contribution in [-0.4, -0.2) is 16.3 Å². The van der Waals surface area contributed by atoms with E-state index in [1.807, 2.05) is 36.7 Å². The summed E-state index contributed by atoms with van der Waals surface area (Å²) in [6, 6.07) is 12.0. The summed E-state index contributed by atoms with van der Waals surface area (Å²) in [5, 5.41) is 1.08. The van der Waals surface area contributed by atoms with E-state index in [0.29, 0.717) is 6.42 Å². The van der Waals surface area contributed by atoms with Crippen molar-refractivity contribution in [2.24, 2.45) is 0 Å². The number of carbonyl (C=O) groups is 1. The highest BCUT2D eigenvalue weighted by Gasteiger charge is 2.17. The van der Waals surface area contributed by atoms with E-state index in [1.165, 1.54) is 0 Å². The molecular weight excluding hydrogens is 236 g/mol. The van der Waals surface area contributed by atoms with Gasteiger partial charge in [-0.25, -0.2) is 0 Å². The van der Waals surface area contributed by atoms with Crippen LogP contribution in [0.5, 0.6) is 0 Å². The molecule has 19 heavy (non-hydrogen) atoms. The zero-order chi connectivity index (χ0) is 13.1. The second-order valence-electron chi connectivity index (χ2n) is 4.53. The molecule has 3 heteroatoms. The first-order valence-corrected chi connectivity index (χ1v) is 6.29. The minimum absolute atomic E-state index is 0.0802. The molecule has 1 atom stereocenters. The molecule has 0 aliphatic heterocycles. The lowest BCUT2D eigenvalue weighted by Crippen LogP contribution is -2.01. The number of rotatable bonds is 4. The fourth-order valence-electron chi connectivity index (χ4n) is 2.50. The number of hydrogen-bond donors (Lipinski definition) is 1. The molecular formula is C16H14N2O. The Labute approximate surface area is 111 Å². The van der Waals surface area contributed by atoms with Gasteiger partial charge in [-0.1, -0.05) is 30.3 Å². The fraction of sp³-hybridized carbons (Fsp3) is 0.125. The summed E-state index contributed by atoms with van der Waals surface area (Å²) in [5.74, 6) is 0.0802. The van der Waals surface area contributed by atoms with Gasteiger partial charge in [0.15, 0.2) is 0 Å². The zero-order valence-corrected chi connectivity index (χ0v) is 10.4. The molecule has 0 saturated heterocycles. The summed E-state index contributed by atoms with van der Waals surface area (Å²) < 4.78 is 0. The molecule has 1 unspecified atom stereocenters. The Bertz CT molecular complexity index is 688. The highest BCUT2D eigenvalue weighted by Crippen LogP contribution is 2.32. The minimum atomic E-state index is 0.0802. The Hall–Kier alpha value is -2.42. The van der Waals surface area contributed by atoms with Crippen LogP contribution in [0.15, 0.2) is 55.0 Å². The number of pyridine rings is 1. The summed E-state index contributed by atoms with van der Waals surface area (Å²) in [6.45, 7) is 0. The van der Waals surface area contributed by atoms with Gasteiger partial charge in [0, 0.05) is 41.8 Å². The maximum Gasteiger partial charge on any atom is 0.120 e. The molecule has 3 nitrogen and oxygen atoms in total. The number of nitrogens with one attached hydrogen (secondary N) is 1. The molecule has 0 radical (unpaired) electrons. The van der Waals surface area contributed by atoms with E-state index >= 15 is 0 Å². The standard InChI is InChI=1S/C16H14N2O/c19-9-7-13(12-4-2-1-3-5-12)14-11-18-16-6-8-17-10-15(14)16/h1-6,8-11,13,18H,7H2. The lowest BCUT2D eigenvalue weighted by atomic mass is 9.89. The zero-order valence-electron chi connectivity index (χ0n) is 10.4. The SMILES string of the molecule is O=CCC(c1ccccc1)c1c[nH]c2ccncc12. The largest absolute Gasteiger partial charge is 0.361 e. The molecule has 0 bridgehead atoms. The van der Waals surface area contributed by atoms with Crippen molar-refractivity contribution in [1.82, 2.24) is 9.97 Å². The van der Waals surface area contributed by atoms with Gasteiger partial charge in [0.1, 0.15) is 6.29 Å². The summed E-state index contributed by atoms with van der Waals surface area (Å²) in [5.41, 5.74) is 3.33. The number of aldehydes is 1. The topological polar surface area (TPSA) is 45.8 Å². The average Bonchev–Trinajstić information content (AvgIpc) is 2.89. The number of H-pyrrole nitrogens is 1. The highest BCUT2D eigenvalue weighted by molar-refractivity contribution is 5.83. The first-order valence-electron chi connectivity index (χ1n) is 6.29. The number of hydrogen-bond acceptors (Lipinski definition) is 2. The van der Waals surface area contributed by atoms with Crippen LogP contribution in [0.2, 0.25) is 0 Å². The average molecular weight is 250 g/mol. The van der Waals surface area contributed by atoms with Gasteiger partial charge in [0.05, 0.1) is 0 Å². The van der Waals surface area contributed by atoms with E-state index in [2.05, 4.69) is 22.1 Å². The summed E-state index contributed by atoms with van der Waals surface area (Å²) in [6.07, 6.45) is 7.05. The van der Waals surface area contributed by atoms with Crippen LogP contribution in [0.25, 0.3) is 10.9 Å². The quantitative estimate of drug-likeness (QED) is 0.722. The van der Waals surface area contributed by atoms with Crippen molar-refractivity contribution >= 4 is 17.2 Å². The number of aromatic amines is 1. The second-order valence-corrected chi connectivity index (χ2v) is 4.53. The number of fused-ring (bicyclic) bond motifs is 1. The van der Waals surface area contributed by atoms with Crippen LogP contribution in [0.1, 0.15) is 23.5 Å². The first-order chi connectivity index (χ1) is 9.40. The molecule has 0 amide bonds. The van der Waals surface area contributed by atoms with Crippen molar-refractivity contribution in [1.29, 1.82) is 0 Å². The van der Waals surface area contributed by atoms with Crippen LogP contribution in [0, 0.1) is 0 Å². The first kappa shape index (κ1) is 11.7. The Morgan fingerprint density at radius 3 is 2.84 bits per heavy atom. The summed E-state index contributed by atoms with van der Waals surface area (Å²) in [4.78, 5) is 18.4. The maximum atomic E-state index is 11.0. The molecule has 3 rings (SSSR count). The van der Waals surface area contributed by atoms with Crippen molar-refractivity contribution in [3.8, 4) is 0 Å². The Morgan fingerprint density at radius 2 is 2.05 bits per heavy atom. The predicted octanol–water partition coefficient (Wildman–Crippen LogP) is 3.28. The monoisotopic (exact) mass is 250 g/mol. The van der Waals surface area contributed by atoms with Gasteiger partial charge in [-0.2, -0.15) is 0 Å². The number of benzene rings is 1. The smallest absolute Gasteiger partial charge is 0.120 e. The molecule has 3 aromatic rings.